The summed E-state index contributed by atoms with van der Waals surface area (Å²) in [7, 11) is 0. The fraction of sp³-hybridized carbons (Fsp3) is 0.318. The number of hydrogen-bond donors (Lipinski definition) is 0. The van der Waals surface area contributed by atoms with Gasteiger partial charge in [0.2, 0.25) is 0 Å². The number of nitrogens with zero attached hydrogens (tertiary/aromatic N) is 2. The van der Waals surface area contributed by atoms with E-state index in [0.29, 0.717) is 0 Å². The Hall–Kier alpha value is -2.13. The van der Waals surface area contributed by atoms with Gasteiger partial charge in [0.1, 0.15) is 5.65 Å². The van der Waals surface area contributed by atoms with Crippen LogP contribution >= 0.6 is 11.3 Å². The number of pyridine rings is 1. The third-order valence-electron chi connectivity index (χ3n) is 3.81. The van der Waals surface area contributed by atoms with Crippen LogP contribution in [0, 0.1) is 27.7 Å². The van der Waals surface area contributed by atoms with Crippen LogP contribution in [0.3, 0.4) is 0 Å². The second-order valence-electron chi connectivity index (χ2n) is 6.32. The standard InChI is InChI=1S/C10H12N2.C9H8S.C3H8/c1-7-4-5-12-9(3)8(2)11-10(12)6-7;1-7-6-8-4-2-3-5-9(8)10-7;1-3-2/h4-6H,1-3H3;2-6H,1H3;3H2,1-2H3. The molecular formula is C22H28N2S. The summed E-state index contributed by atoms with van der Waals surface area (Å²) >= 11 is 1.85. The van der Waals surface area contributed by atoms with Crippen LogP contribution in [0.4, 0.5) is 0 Å². The summed E-state index contributed by atoms with van der Waals surface area (Å²) < 4.78 is 3.50. The number of thiophene rings is 1. The third kappa shape index (κ3) is 4.93. The molecule has 0 spiro atoms. The SMILES string of the molecule is CCC.Cc1cc2ccccc2s1.Cc1ccn2c(C)c(C)nc2c1. The lowest BCUT2D eigenvalue weighted by atomic mass is 10.2. The van der Waals surface area contributed by atoms with Crippen molar-refractivity contribution in [3.63, 3.8) is 0 Å². The molecule has 0 aliphatic heterocycles. The molecule has 25 heavy (non-hydrogen) atoms. The largest absolute Gasteiger partial charge is 0.304 e. The van der Waals surface area contributed by atoms with E-state index in [-0.39, 0.29) is 0 Å². The van der Waals surface area contributed by atoms with Gasteiger partial charge in [-0.15, -0.1) is 11.3 Å². The van der Waals surface area contributed by atoms with Crippen LogP contribution in [0.15, 0.2) is 48.7 Å². The van der Waals surface area contributed by atoms with E-state index in [9.17, 15) is 0 Å². The van der Waals surface area contributed by atoms with Crippen molar-refractivity contribution in [3.8, 4) is 0 Å². The summed E-state index contributed by atoms with van der Waals surface area (Å²) in [5.74, 6) is 0. The van der Waals surface area contributed by atoms with Gasteiger partial charge in [-0.2, -0.15) is 0 Å². The van der Waals surface area contributed by atoms with Crippen molar-refractivity contribution in [1.29, 1.82) is 0 Å². The molecule has 0 unspecified atom stereocenters. The Morgan fingerprint density at radius 2 is 1.64 bits per heavy atom. The van der Waals surface area contributed by atoms with E-state index in [4.69, 9.17) is 0 Å². The summed E-state index contributed by atoms with van der Waals surface area (Å²) in [5.41, 5.74) is 4.64. The van der Waals surface area contributed by atoms with E-state index < -0.39 is 0 Å². The first-order valence-electron chi connectivity index (χ1n) is 8.83. The summed E-state index contributed by atoms with van der Waals surface area (Å²) in [6.07, 6.45) is 3.32. The van der Waals surface area contributed by atoms with Gasteiger partial charge >= 0.3 is 0 Å². The number of rotatable bonds is 0. The Morgan fingerprint density at radius 1 is 0.960 bits per heavy atom. The molecule has 2 nitrogen and oxygen atoms in total. The Morgan fingerprint density at radius 3 is 2.32 bits per heavy atom. The average Bonchev–Trinajstić information content (AvgIpc) is 3.08. The molecule has 0 saturated heterocycles. The van der Waals surface area contributed by atoms with Gasteiger partial charge in [-0.3, -0.25) is 0 Å². The first-order valence-corrected chi connectivity index (χ1v) is 9.65. The van der Waals surface area contributed by atoms with Crippen molar-refractivity contribution < 1.29 is 0 Å². The predicted octanol–water partition coefficient (Wildman–Crippen LogP) is 6.89. The topological polar surface area (TPSA) is 17.3 Å². The molecule has 0 saturated carbocycles. The van der Waals surface area contributed by atoms with Crippen LogP contribution in [-0.4, -0.2) is 9.38 Å². The zero-order chi connectivity index (χ0) is 18.4. The van der Waals surface area contributed by atoms with Crippen molar-refractivity contribution in [2.75, 3.05) is 0 Å². The van der Waals surface area contributed by atoms with Gasteiger partial charge in [0, 0.05) is 21.5 Å². The average molecular weight is 353 g/mol. The number of aromatic nitrogens is 2. The highest BCUT2D eigenvalue weighted by Gasteiger charge is 2.02. The molecular weight excluding hydrogens is 324 g/mol. The van der Waals surface area contributed by atoms with Crippen LogP contribution in [0.2, 0.25) is 0 Å². The van der Waals surface area contributed by atoms with E-state index in [2.05, 4.69) is 92.7 Å². The number of hydrogen-bond acceptors (Lipinski definition) is 2. The van der Waals surface area contributed by atoms with Gasteiger partial charge in [-0.1, -0.05) is 38.5 Å². The van der Waals surface area contributed by atoms with Gasteiger partial charge in [0.15, 0.2) is 0 Å². The van der Waals surface area contributed by atoms with Gasteiger partial charge in [-0.05, 0) is 62.9 Å². The van der Waals surface area contributed by atoms with Crippen LogP contribution < -0.4 is 0 Å². The molecule has 3 heterocycles. The third-order valence-corrected chi connectivity index (χ3v) is 4.84. The second-order valence-corrected chi connectivity index (χ2v) is 7.60. The maximum absolute atomic E-state index is 4.44. The summed E-state index contributed by atoms with van der Waals surface area (Å²) in [6.45, 7) is 12.6. The maximum atomic E-state index is 4.44. The molecule has 3 heteroatoms. The summed E-state index contributed by atoms with van der Waals surface area (Å²) in [4.78, 5) is 5.83. The minimum absolute atomic E-state index is 1.05. The lowest BCUT2D eigenvalue weighted by molar-refractivity contribution is 1.09. The lowest BCUT2D eigenvalue weighted by Crippen LogP contribution is -1.86. The van der Waals surface area contributed by atoms with Crippen LogP contribution in [-0.2, 0) is 0 Å². The smallest absolute Gasteiger partial charge is 0.137 e. The van der Waals surface area contributed by atoms with E-state index in [1.165, 1.54) is 32.6 Å². The van der Waals surface area contributed by atoms with Crippen LogP contribution in [0.25, 0.3) is 15.7 Å². The van der Waals surface area contributed by atoms with Crippen molar-refractivity contribution in [1.82, 2.24) is 9.38 Å². The zero-order valence-corrected chi connectivity index (χ0v) is 16.9. The minimum Gasteiger partial charge on any atom is -0.304 e. The molecule has 0 radical (unpaired) electrons. The number of fused-ring (bicyclic) bond motifs is 2. The van der Waals surface area contributed by atoms with E-state index in [1.807, 2.05) is 18.3 Å². The van der Waals surface area contributed by atoms with Crippen LogP contribution in [0.5, 0.6) is 0 Å². The maximum Gasteiger partial charge on any atom is 0.137 e. The number of aryl methyl sites for hydroxylation is 4. The van der Waals surface area contributed by atoms with E-state index >= 15 is 0 Å². The fourth-order valence-electron chi connectivity index (χ4n) is 2.50. The van der Waals surface area contributed by atoms with Crippen molar-refractivity contribution in [2.45, 2.75) is 48.0 Å². The Labute approximate surface area is 155 Å². The molecule has 0 aliphatic rings. The molecule has 0 fully saturated rings. The summed E-state index contributed by atoms with van der Waals surface area (Å²) in [5, 5.41) is 1.37. The molecule has 3 aromatic heterocycles. The van der Waals surface area contributed by atoms with E-state index in [1.54, 1.807) is 0 Å². The first kappa shape index (κ1) is 19.2. The summed E-state index contributed by atoms with van der Waals surface area (Å²) in [6, 6.07) is 14.9. The minimum atomic E-state index is 1.05. The van der Waals surface area contributed by atoms with Gasteiger partial charge < -0.3 is 4.40 Å². The molecule has 0 atom stereocenters. The van der Waals surface area contributed by atoms with Gasteiger partial charge in [0.25, 0.3) is 0 Å². The molecule has 0 amide bonds. The highest BCUT2D eigenvalue weighted by Crippen LogP contribution is 2.23. The highest BCUT2D eigenvalue weighted by molar-refractivity contribution is 7.19. The number of imidazole rings is 1. The first-order chi connectivity index (χ1) is 12.0. The van der Waals surface area contributed by atoms with Crippen molar-refractivity contribution >= 4 is 27.1 Å². The number of benzene rings is 1. The monoisotopic (exact) mass is 352 g/mol. The van der Waals surface area contributed by atoms with Gasteiger partial charge in [-0.25, -0.2) is 4.98 Å². The molecule has 132 valence electrons. The van der Waals surface area contributed by atoms with Crippen molar-refractivity contribution in [2.24, 2.45) is 0 Å². The normalized spacial score (nSPS) is 10.2. The molecule has 4 aromatic rings. The Kier molecular flexibility index (Phi) is 6.77. The predicted molar refractivity (Wildman–Crippen MR) is 112 cm³/mol. The molecule has 0 bridgehead atoms. The van der Waals surface area contributed by atoms with E-state index in [0.717, 1.165) is 11.3 Å². The second kappa shape index (κ2) is 8.82. The van der Waals surface area contributed by atoms with Crippen LogP contribution in [0.1, 0.15) is 42.1 Å². The molecule has 1 aromatic carbocycles. The fourth-order valence-corrected chi connectivity index (χ4v) is 3.43. The molecule has 0 N–H and O–H groups in total. The quantitative estimate of drug-likeness (QED) is 0.337. The van der Waals surface area contributed by atoms with Crippen molar-refractivity contribution in [3.05, 3.63) is 70.5 Å². The van der Waals surface area contributed by atoms with Gasteiger partial charge in [0.05, 0.1) is 5.69 Å². The molecule has 4 rings (SSSR count). The lowest BCUT2D eigenvalue weighted by Gasteiger charge is -1.96. The molecule has 0 aliphatic carbocycles. The highest BCUT2D eigenvalue weighted by atomic mass is 32.1. The zero-order valence-electron chi connectivity index (χ0n) is 16.1. The Balaban J connectivity index is 0.000000158. The Bertz CT molecular complexity index is 914.